The third kappa shape index (κ3) is 6.11. The van der Waals surface area contributed by atoms with Gasteiger partial charge in [-0.25, -0.2) is 0 Å². The highest BCUT2D eigenvalue weighted by Gasteiger charge is 2.21. The SMILES string of the molecule is CC(C)CN(CCNC(=O)C(C)n1nc(-c2ccccc2)c2cc(Cl)ccc21)CC(C)C. The molecule has 0 spiro atoms. The molecule has 2 aromatic carbocycles. The summed E-state index contributed by atoms with van der Waals surface area (Å²) in [5.41, 5.74) is 2.74. The fourth-order valence-corrected chi connectivity index (χ4v) is 4.28. The molecule has 172 valence electrons. The third-order valence-corrected chi connectivity index (χ3v) is 5.67. The van der Waals surface area contributed by atoms with E-state index in [4.69, 9.17) is 16.7 Å². The largest absolute Gasteiger partial charge is 0.353 e. The van der Waals surface area contributed by atoms with E-state index in [1.54, 1.807) is 0 Å². The fraction of sp³-hybridized carbons (Fsp3) is 0.462. The zero-order valence-corrected chi connectivity index (χ0v) is 20.6. The summed E-state index contributed by atoms with van der Waals surface area (Å²) >= 11 is 6.28. The van der Waals surface area contributed by atoms with Crippen molar-refractivity contribution in [3.05, 3.63) is 53.6 Å². The van der Waals surface area contributed by atoms with Crippen LogP contribution in [0.5, 0.6) is 0 Å². The molecule has 0 saturated carbocycles. The Labute approximate surface area is 196 Å². The number of hydrogen-bond donors (Lipinski definition) is 1. The van der Waals surface area contributed by atoms with Crippen LogP contribution >= 0.6 is 11.6 Å². The van der Waals surface area contributed by atoms with Crippen LogP contribution in [-0.2, 0) is 4.79 Å². The summed E-state index contributed by atoms with van der Waals surface area (Å²) in [7, 11) is 0. The molecule has 32 heavy (non-hydrogen) atoms. The van der Waals surface area contributed by atoms with E-state index in [2.05, 4.69) is 37.9 Å². The first-order chi connectivity index (χ1) is 15.3. The Morgan fingerprint density at radius 2 is 1.69 bits per heavy atom. The van der Waals surface area contributed by atoms with Crippen LogP contribution in [0.1, 0.15) is 40.7 Å². The Morgan fingerprint density at radius 1 is 1.03 bits per heavy atom. The average molecular weight is 455 g/mol. The van der Waals surface area contributed by atoms with Crippen LogP contribution in [-0.4, -0.2) is 46.8 Å². The number of benzene rings is 2. The van der Waals surface area contributed by atoms with Gasteiger partial charge in [0.2, 0.25) is 5.91 Å². The highest BCUT2D eigenvalue weighted by atomic mass is 35.5. The van der Waals surface area contributed by atoms with Gasteiger partial charge in [0, 0.05) is 42.2 Å². The number of hydrogen-bond acceptors (Lipinski definition) is 3. The van der Waals surface area contributed by atoms with Crippen molar-refractivity contribution in [3.63, 3.8) is 0 Å². The fourth-order valence-electron chi connectivity index (χ4n) is 4.10. The number of rotatable bonds is 10. The number of carbonyl (C=O) groups is 1. The van der Waals surface area contributed by atoms with Gasteiger partial charge in [-0.1, -0.05) is 69.6 Å². The van der Waals surface area contributed by atoms with Crippen LogP contribution < -0.4 is 5.32 Å². The molecule has 5 nitrogen and oxygen atoms in total. The first-order valence-electron chi connectivity index (χ1n) is 11.5. The molecule has 0 radical (unpaired) electrons. The second-order valence-electron chi connectivity index (χ2n) is 9.33. The van der Waals surface area contributed by atoms with Crippen molar-refractivity contribution < 1.29 is 4.79 Å². The van der Waals surface area contributed by atoms with Crippen LogP contribution in [0.2, 0.25) is 5.02 Å². The molecule has 1 amide bonds. The molecule has 0 aliphatic rings. The first-order valence-corrected chi connectivity index (χ1v) is 11.9. The van der Waals surface area contributed by atoms with Crippen LogP contribution in [0.3, 0.4) is 0 Å². The van der Waals surface area contributed by atoms with Crippen molar-refractivity contribution in [2.24, 2.45) is 11.8 Å². The second kappa shape index (κ2) is 11.0. The number of carbonyl (C=O) groups excluding carboxylic acids is 1. The van der Waals surface area contributed by atoms with E-state index in [1.165, 1.54) is 0 Å². The smallest absolute Gasteiger partial charge is 0.244 e. The van der Waals surface area contributed by atoms with Crippen LogP contribution in [0.15, 0.2) is 48.5 Å². The summed E-state index contributed by atoms with van der Waals surface area (Å²) in [6.45, 7) is 14.4. The number of amides is 1. The van der Waals surface area contributed by atoms with Crippen molar-refractivity contribution in [2.45, 2.75) is 40.7 Å². The quantitative estimate of drug-likeness (QED) is 0.430. The zero-order valence-electron chi connectivity index (χ0n) is 19.8. The van der Waals surface area contributed by atoms with Crippen molar-refractivity contribution in [2.75, 3.05) is 26.2 Å². The molecular formula is C26H35ClN4O. The number of nitrogens with zero attached hydrogens (tertiary/aromatic N) is 3. The summed E-state index contributed by atoms with van der Waals surface area (Å²) in [5.74, 6) is 1.17. The molecule has 3 aromatic rings. The molecule has 0 fully saturated rings. The van der Waals surface area contributed by atoms with Crippen molar-refractivity contribution >= 4 is 28.4 Å². The summed E-state index contributed by atoms with van der Waals surface area (Å²) in [5, 5.41) is 9.55. The lowest BCUT2D eigenvalue weighted by Crippen LogP contribution is -2.40. The topological polar surface area (TPSA) is 50.2 Å². The van der Waals surface area contributed by atoms with Crippen LogP contribution in [0.4, 0.5) is 0 Å². The minimum Gasteiger partial charge on any atom is -0.353 e. The molecule has 3 rings (SSSR count). The Balaban J connectivity index is 1.76. The molecule has 0 aliphatic heterocycles. The first kappa shape index (κ1) is 24.3. The minimum atomic E-state index is -0.431. The highest BCUT2D eigenvalue weighted by Crippen LogP contribution is 2.31. The maximum absolute atomic E-state index is 13.0. The molecule has 1 aromatic heterocycles. The van der Waals surface area contributed by atoms with E-state index in [0.29, 0.717) is 23.4 Å². The van der Waals surface area contributed by atoms with Crippen molar-refractivity contribution in [3.8, 4) is 11.3 Å². The third-order valence-electron chi connectivity index (χ3n) is 5.44. The molecule has 0 bridgehead atoms. The van der Waals surface area contributed by atoms with Gasteiger partial charge in [-0.05, 0) is 37.0 Å². The number of halogens is 1. The van der Waals surface area contributed by atoms with E-state index >= 15 is 0 Å². The molecule has 1 unspecified atom stereocenters. The van der Waals surface area contributed by atoms with Gasteiger partial charge >= 0.3 is 0 Å². The van der Waals surface area contributed by atoms with E-state index < -0.39 is 6.04 Å². The standard InChI is InChI=1S/C26H35ClN4O/c1-18(2)16-30(17-19(3)4)14-13-28-26(32)20(5)31-24-12-11-22(27)15-23(24)25(29-31)21-9-7-6-8-10-21/h6-12,15,18-20H,13-14,16-17H2,1-5H3,(H,28,32). The molecule has 1 N–H and O–H groups in total. The van der Waals surface area contributed by atoms with Gasteiger partial charge in [0.05, 0.1) is 5.52 Å². The number of aromatic nitrogens is 2. The lowest BCUT2D eigenvalue weighted by molar-refractivity contribution is -0.124. The van der Waals surface area contributed by atoms with Gasteiger partial charge in [-0.3, -0.25) is 9.48 Å². The monoisotopic (exact) mass is 454 g/mol. The van der Waals surface area contributed by atoms with E-state index in [9.17, 15) is 4.79 Å². The lowest BCUT2D eigenvalue weighted by atomic mass is 10.1. The highest BCUT2D eigenvalue weighted by molar-refractivity contribution is 6.31. The van der Waals surface area contributed by atoms with Crippen molar-refractivity contribution in [1.29, 1.82) is 0 Å². The van der Waals surface area contributed by atoms with Crippen LogP contribution in [0.25, 0.3) is 22.2 Å². The maximum atomic E-state index is 13.0. The minimum absolute atomic E-state index is 0.0296. The average Bonchev–Trinajstić information content (AvgIpc) is 3.11. The Bertz CT molecular complexity index is 1020. The van der Waals surface area contributed by atoms with Gasteiger partial charge < -0.3 is 10.2 Å². The molecule has 1 atom stereocenters. The van der Waals surface area contributed by atoms with Crippen molar-refractivity contribution in [1.82, 2.24) is 20.0 Å². The summed E-state index contributed by atoms with van der Waals surface area (Å²) in [6, 6.07) is 15.3. The van der Waals surface area contributed by atoms with E-state index in [1.807, 2.05) is 60.1 Å². The molecule has 0 aliphatic carbocycles. The Kier molecular flexibility index (Phi) is 8.32. The van der Waals surface area contributed by atoms with Gasteiger partial charge in [-0.15, -0.1) is 0 Å². The zero-order chi connectivity index (χ0) is 23.3. The molecular weight excluding hydrogens is 420 g/mol. The lowest BCUT2D eigenvalue weighted by Gasteiger charge is -2.26. The van der Waals surface area contributed by atoms with Gasteiger partial charge in [-0.2, -0.15) is 5.10 Å². The molecule has 1 heterocycles. The molecule has 0 saturated heterocycles. The van der Waals surface area contributed by atoms with Gasteiger partial charge in [0.15, 0.2) is 0 Å². The molecule has 6 heteroatoms. The predicted octanol–water partition coefficient (Wildman–Crippen LogP) is 5.65. The number of fused-ring (bicyclic) bond motifs is 1. The normalized spacial score (nSPS) is 12.8. The van der Waals surface area contributed by atoms with E-state index in [-0.39, 0.29) is 5.91 Å². The Morgan fingerprint density at radius 3 is 2.31 bits per heavy atom. The number of nitrogens with one attached hydrogen (secondary N) is 1. The Hall–Kier alpha value is -2.37. The summed E-state index contributed by atoms with van der Waals surface area (Å²) < 4.78 is 1.81. The summed E-state index contributed by atoms with van der Waals surface area (Å²) in [6.07, 6.45) is 0. The van der Waals surface area contributed by atoms with Crippen LogP contribution in [0, 0.1) is 11.8 Å². The summed E-state index contributed by atoms with van der Waals surface area (Å²) in [4.78, 5) is 15.4. The maximum Gasteiger partial charge on any atom is 0.244 e. The second-order valence-corrected chi connectivity index (χ2v) is 9.77. The van der Waals surface area contributed by atoms with E-state index in [0.717, 1.165) is 41.8 Å². The van der Waals surface area contributed by atoms with Gasteiger partial charge in [0.25, 0.3) is 0 Å². The predicted molar refractivity (Wildman–Crippen MR) is 134 cm³/mol. The van der Waals surface area contributed by atoms with Gasteiger partial charge in [0.1, 0.15) is 11.7 Å².